The van der Waals surface area contributed by atoms with Crippen molar-refractivity contribution in [2.75, 3.05) is 25.5 Å². The molecule has 0 saturated carbocycles. The SMILES string of the molecule is CN(C=O)CCC(C)(O)C#Cc1cccc(-c2ncc(NCC(F)(F)F)c(C(N)=O)n2)c1. The number of benzene rings is 1. The zero-order valence-corrected chi connectivity index (χ0v) is 17.4. The van der Waals surface area contributed by atoms with Crippen molar-refractivity contribution in [3.63, 3.8) is 0 Å². The van der Waals surface area contributed by atoms with Gasteiger partial charge in [0, 0.05) is 31.1 Å². The topological polar surface area (TPSA) is 121 Å². The molecule has 1 unspecified atom stereocenters. The third-order valence-electron chi connectivity index (χ3n) is 4.23. The number of aliphatic hydroxyl groups is 1. The lowest BCUT2D eigenvalue weighted by Crippen LogP contribution is -2.29. The Morgan fingerprint density at radius 3 is 2.72 bits per heavy atom. The van der Waals surface area contributed by atoms with E-state index >= 15 is 0 Å². The van der Waals surface area contributed by atoms with Crippen LogP contribution in [0.15, 0.2) is 30.5 Å². The van der Waals surface area contributed by atoms with Crippen LogP contribution >= 0.6 is 0 Å². The van der Waals surface area contributed by atoms with E-state index in [0.717, 1.165) is 6.20 Å². The van der Waals surface area contributed by atoms with E-state index in [-0.39, 0.29) is 23.6 Å². The summed E-state index contributed by atoms with van der Waals surface area (Å²) in [7, 11) is 1.59. The van der Waals surface area contributed by atoms with Gasteiger partial charge in [-0.05, 0) is 19.1 Å². The molecule has 2 rings (SSSR count). The van der Waals surface area contributed by atoms with Gasteiger partial charge in [-0.3, -0.25) is 9.59 Å². The van der Waals surface area contributed by atoms with Crippen LogP contribution in [0.3, 0.4) is 0 Å². The molecule has 1 atom stereocenters. The fourth-order valence-corrected chi connectivity index (χ4v) is 2.49. The molecule has 0 radical (unpaired) electrons. The third-order valence-corrected chi connectivity index (χ3v) is 4.23. The number of amides is 2. The number of carbonyl (C=O) groups excluding carboxylic acids is 2. The molecule has 0 saturated heterocycles. The Kier molecular flexibility index (Phi) is 7.77. The predicted octanol–water partition coefficient (Wildman–Crippen LogP) is 1.80. The van der Waals surface area contributed by atoms with E-state index in [1.54, 1.807) is 31.3 Å². The highest BCUT2D eigenvalue weighted by Crippen LogP contribution is 2.22. The summed E-state index contributed by atoms with van der Waals surface area (Å²) in [5, 5.41) is 12.4. The monoisotopic (exact) mass is 449 g/mol. The molecule has 1 heterocycles. The maximum Gasteiger partial charge on any atom is 0.405 e. The van der Waals surface area contributed by atoms with Gasteiger partial charge in [0.25, 0.3) is 5.91 Å². The molecule has 170 valence electrons. The molecule has 2 aromatic rings. The van der Waals surface area contributed by atoms with Crippen molar-refractivity contribution in [2.45, 2.75) is 25.1 Å². The number of primary amides is 1. The summed E-state index contributed by atoms with van der Waals surface area (Å²) < 4.78 is 37.4. The quantitative estimate of drug-likeness (QED) is 0.417. The minimum absolute atomic E-state index is 0.0689. The van der Waals surface area contributed by atoms with E-state index < -0.39 is 24.2 Å². The number of hydrogen-bond donors (Lipinski definition) is 3. The molecule has 0 bridgehead atoms. The first-order chi connectivity index (χ1) is 14.9. The van der Waals surface area contributed by atoms with E-state index in [0.29, 0.717) is 24.1 Å². The first-order valence-electron chi connectivity index (χ1n) is 9.39. The van der Waals surface area contributed by atoms with Crippen LogP contribution in [0.4, 0.5) is 18.9 Å². The second-order valence-corrected chi connectivity index (χ2v) is 7.23. The summed E-state index contributed by atoms with van der Waals surface area (Å²) in [5.41, 5.74) is 4.27. The Morgan fingerprint density at radius 2 is 2.09 bits per heavy atom. The number of hydrogen-bond acceptors (Lipinski definition) is 6. The van der Waals surface area contributed by atoms with Gasteiger partial charge < -0.3 is 21.1 Å². The highest BCUT2D eigenvalue weighted by atomic mass is 19.4. The van der Waals surface area contributed by atoms with E-state index in [9.17, 15) is 27.9 Å². The van der Waals surface area contributed by atoms with Crippen LogP contribution in [-0.4, -0.2) is 64.2 Å². The molecule has 1 aromatic heterocycles. The van der Waals surface area contributed by atoms with Crippen molar-refractivity contribution in [2.24, 2.45) is 5.73 Å². The molecule has 0 spiro atoms. The number of carbonyl (C=O) groups is 2. The van der Waals surface area contributed by atoms with Crippen molar-refractivity contribution in [1.82, 2.24) is 14.9 Å². The van der Waals surface area contributed by atoms with Gasteiger partial charge in [0.1, 0.15) is 12.1 Å². The number of alkyl halides is 3. The van der Waals surface area contributed by atoms with Crippen molar-refractivity contribution in [3.05, 3.63) is 41.7 Å². The molecular weight excluding hydrogens is 427 g/mol. The number of nitrogens with one attached hydrogen (secondary N) is 1. The largest absolute Gasteiger partial charge is 0.405 e. The van der Waals surface area contributed by atoms with Crippen molar-refractivity contribution in [3.8, 4) is 23.2 Å². The maximum absolute atomic E-state index is 12.5. The Balaban J connectivity index is 2.27. The molecule has 0 aliphatic rings. The van der Waals surface area contributed by atoms with Gasteiger partial charge in [-0.1, -0.05) is 24.0 Å². The lowest BCUT2D eigenvalue weighted by Gasteiger charge is -2.19. The summed E-state index contributed by atoms with van der Waals surface area (Å²) in [6, 6.07) is 6.56. The number of nitrogens with zero attached hydrogens (tertiary/aromatic N) is 3. The summed E-state index contributed by atoms with van der Waals surface area (Å²) >= 11 is 0. The minimum atomic E-state index is -4.50. The van der Waals surface area contributed by atoms with Gasteiger partial charge in [-0.25, -0.2) is 9.97 Å². The smallest absolute Gasteiger partial charge is 0.378 e. The van der Waals surface area contributed by atoms with Gasteiger partial charge in [-0.15, -0.1) is 0 Å². The lowest BCUT2D eigenvalue weighted by molar-refractivity contribution is -0.117. The van der Waals surface area contributed by atoms with Crippen LogP contribution in [-0.2, 0) is 4.79 Å². The fraction of sp³-hybridized carbons (Fsp3) is 0.333. The van der Waals surface area contributed by atoms with E-state index in [2.05, 4.69) is 27.1 Å². The molecule has 0 fully saturated rings. The van der Waals surface area contributed by atoms with E-state index in [4.69, 9.17) is 5.73 Å². The van der Waals surface area contributed by atoms with Crippen LogP contribution in [0.5, 0.6) is 0 Å². The number of aromatic nitrogens is 2. The average molecular weight is 449 g/mol. The van der Waals surface area contributed by atoms with Crippen LogP contribution in [0.2, 0.25) is 0 Å². The van der Waals surface area contributed by atoms with Crippen LogP contribution in [0.25, 0.3) is 11.4 Å². The predicted molar refractivity (Wildman–Crippen MR) is 111 cm³/mol. The molecule has 0 aliphatic heterocycles. The molecule has 0 aliphatic carbocycles. The second kappa shape index (κ2) is 10.1. The van der Waals surface area contributed by atoms with Gasteiger partial charge in [0.15, 0.2) is 11.5 Å². The first kappa shape index (κ1) is 24.6. The highest BCUT2D eigenvalue weighted by molar-refractivity contribution is 5.96. The zero-order chi connectivity index (χ0) is 23.9. The van der Waals surface area contributed by atoms with Crippen LogP contribution in [0.1, 0.15) is 29.4 Å². The first-order valence-corrected chi connectivity index (χ1v) is 9.39. The summed E-state index contributed by atoms with van der Waals surface area (Å²) in [6.45, 7) is 0.477. The van der Waals surface area contributed by atoms with Crippen molar-refractivity contribution < 1.29 is 27.9 Å². The van der Waals surface area contributed by atoms with Crippen LogP contribution in [0, 0.1) is 11.8 Å². The zero-order valence-electron chi connectivity index (χ0n) is 17.4. The maximum atomic E-state index is 12.5. The second-order valence-electron chi connectivity index (χ2n) is 7.23. The molecule has 2 amide bonds. The standard InChI is InChI=1S/C21H22F3N5O3/c1-20(32,8-9-29(2)13-30)7-6-14-4-3-5-15(10-14)19-26-11-16(17(28-19)18(25)31)27-12-21(22,23)24/h3-5,10-11,13,27,32H,8-9,12H2,1-2H3,(H2,25,31). The van der Waals surface area contributed by atoms with Gasteiger partial charge >= 0.3 is 6.18 Å². The summed E-state index contributed by atoms with van der Waals surface area (Å²) in [5.74, 6) is 4.63. The molecule has 11 heteroatoms. The normalized spacial score (nSPS) is 12.8. The average Bonchev–Trinajstić information content (AvgIpc) is 2.74. The van der Waals surface area contributed by atoms with Crippen molar-refractivity contribution >= 4 is 18.0 Å². The number of halogens is 3. The van der Waals surface area contributed by atoms with E-state index in [1.807, 2.05) is 0 Å². The fourth-order valence-electron chi connectivity index (χ4n) is 2.49. The lowest BCUT2D eigenvalue weighted by atomic mass is 10.0. The van der Waals surface area contributed by atoms with Crippen molar-refractivity contribution in [1.29, 1.82) is 0 Å². The molecular formula is C21H22F3N5O3. The Bertz CT molecular complexity index is 1040. The Hall–Kier alpha value is -3.65. The molecule has 4 N–H and O–H groups in total. The minimum Gasteiger partial charge on any atom is -0.378 e. The van der Waals surface area contributed by atoms with E-state index in [1.165, 1.54) is 11.8 Å². The number of anilines is 1. The Morgan fingerprint density at radius 1 is 1.38 bits per heavy atom. The third kappa shape index (κ3) is 7.55. The molecule has 8 nitrogen and oxygen atoms in total. The van der Waals surface area contributed by atoms with Crippen LogP contribution < -0.4 is 11.1 Å². The number of rotatable bonds is 8. The summed E-state index contributed by atoms with van der Waals surface area (Å²) in [4.78, 5) is 31.7. The Labute approximate surface area is 182 Å². The molecule has 32 heavy (non-hydrogen) atoms. The molecule has 1 aromatic carbocycles. The van der Waals surface area contributed by atoms with Gasteiger partial charge in [0.2, 0.25) is 6.41 Å². The van der Waals surface area contributed by atoms with Gasteiger partial charge in [0.05, 0.1) is 11.9 Å². The highest BCUT2D eigenvalue weighted by Gasteiger charge is 2.27. The summed E-state index contributed by atoms with van der Waals surface area (Å²) in [6.07, 6.45) is -2.55. The van der Waals surface area contributed by atoms with Gasteiger partial charge in [-0.2, -0.15) is 13.2 Å². The number of nitrogens with two attached hydrogens (primary N) is 1.